The predicted molar refractivity (Wildman–Crippen MR) is 178 cm³/mol. The molecule has 1 unspecified atom stereocenters. The first-order valence-corrected chi connectivity index (χ1v) is 15.7. The van der Waals surface area contributed by atoms with Gasteiger partial charge in [-0.15, -0.1) is 0 Å². The summed E-state index contributed by atoms with van der Waals surface area (Å²) in [7, 11) is 1.68. The number of rotatable bonds is 13. The standard InChI is InChI=1S/C38H41N3O4/c1-43-32-15-11-29(12-16-32)26-41-27-36(34-9-5-6-10-37(34)41)35(25-38(42)39-19-20-40-21-23-44-24-22-40)31-13-17-33(18-14-31)45-28-30-7-3-2-4-8-30/h2-18,27,35H,19-26,28H2,1H3,(H,39,42). The maximum Gasteiger partial charge on any atom is 0.220 e. The molecule has 2 heterocycles. The van der Waals surface area contributed by atoms with E-state index >= 15 is 0 Å². The topological polar surface area (TPSA) is 65.0 Å². The quantitative estimate of drug-likeness (QED) is 0.172. The van der Waals surface area contributed by atoms with Crippen LogP contribution in [0.15, 0.2) is 109 Å². The van der Waals surface area contributed by atoms with Crippen molar-refractivity contribution >= 4 is 16.8 Å². The van der Waals surface area contributed by atoms with E-state index in [4.69, 9.17) is 14.2 Å². The van der Waals surface area contributed by atoms with Crippen LogP contribution in [0.5, 0.6) is 11.5 Å². The van der Waals surface area contributed by atoms with Crippen molar-refractivity contribution in [2.75, 3.05) is 46.5 Å². The number of nitrogens with one attached hydrogen (secondary N) is 1. The fourth-order valence-electron chi connectivity index (χ4n) is 5.99. The SMILES string of the molecule is COc1ccc(Cn2cc(C(CC(=O)NCCN3CCOCC3)c3ccc(OCc4ccccc4)cc3)c3ccccc32)cc1. The van der Waals surface area contributed by atoms with Crippen LogP contribution in [0.3, 0.4) is 0 Å². The number of carbonyl (C=O) groups is 1. The van der Waals surface area contributed by atoms with Crippen molar-refractivity contribution in [2.24, 2.45) is 0 Å². The van der Waals surface area contributed by atoms with Crippen molar-refractivity contribution in [2.45, 2.75) is 25.5 Å². The van der Waals surface area contributed by atoms with Crippen LogP contribution < -0.4 is 14.8 Å². The van der Waals surface area contributed by atoms with E-state index in [-0.39, 0.29) is 11.8 Å². The molecule has 0 bridgehead atoms. The molecule has 0 spiro atoms. The first-order chi connectivity index (χ1) is 22.2. The largest absolute Gasteiger partial charge is 0.497 e. The van der Waals surface area contributed by atoms with Gasteiger partial charge in [-0.25, -0.2) is 0 Å². The summed E-state index contributed by atoms with van der Waals surface area (Å²) in [4.78, 5) is 15.8. The summed E-state index contributed by atoms with van der Waals surface area (Å²) in [5.74, 6) is 1.56. The summed E-state index contributed by atoms with van der Waals surface area (Å²) in [5, 5.41) is 4.34. The van der Waals surface area contributed by atoms with E-state index < -0.39 is 0 Å². The highest BCUT2D eigenvalue weighted by atomic mass is 16.5. The van der Waals surface area contributed by atoms with Crippen LogP contribution in [0, 0.1) is 0 Å². The van der Waals surface area contributed by atoms with Crippen molar-refractivity contribution in [3.63, 3.8) is 0 Å². The molecule has 45 heavy (non-hydrogen) atoms. The lowest BCUT2D eigenvalue weighted by molar-refractivity contribution is -0.121. The Morgan fingerprint density at radius 1 is 0.844 bits per heavy atom. The van der Waals surface area contributed by atoms with Gasteiger partial charge in [-0.05, 0) is 52.6 Å². The van der Waals surface area contributed by atoms with E-state index in [9.17, 15) is 4.79 Å². The molecule has 0 saturated carbocycles. The van der Waals surface area contributed by atoms with Crippen LogP contribution >= 0.6 is 0 Å². The van der Waals surface area contributed by atoms with Crippen LogP contribution in [-0.2, 0) is 22.7 Å². The molecule has 4 aromatic carbocycles. The number of ether oxygens (including phenoxy) is 3. The number of aromatic nitrogens is 1. The molecular weight excluding hydrogens is 562 g/mol. The van der Waals surface area contributed by atoms with Gasteiger partial charge < -0.3 is 24.1 Å². The highest BCUT2D eigenvalue weighted by Gasteiger charge is 2.23. The molecule has 1 aliphatic heterocycles. The fraction of sp³-hybridized carbons (Fsp3) is 0.289. The zero-order valence-corrected chi connectivity index (χ0v) is 25.9. The highest BCUT2D eigenvalue weighted by molar-refractivity contribution is 5.87. The summed E-state index contributed by atoms with van der Waals surface area (Å²) in [6, 6.07) is 35.0. The average Bonchev–Trinajstić information content (AvgIpc) is 3.45. The molecule has 0 radical (unpaired) electrons. The number of fused-ring (bicyclic) bond motifs is 1. The molecule has 6 rings (SSSR count). The minimum Gasteiger partial charge on any atom is -0.497 e. The van der Waals surface area contributed by atoms with Gasteiger partial charge in [-0.1, -0.05) is 72.8 Å². The Morgan fingerprint density at radius 2 is 1.56 bits per heavy atom. The second-order valence-electron chi connectivity index (χ2n) is 11.5. The smallest absolute Gasteiger partial charge is 0.220 e. The van der Waals surface area contributed by atoms with Gasteiger partial charge in [-0.3, -0.25) is 9.69 Å². The number of nitrogens with zero attached hydrogens (tertiary/aromatic N) is 2. The first kappa shape index (κ1) is 30.4. The third kappa shape index (κ3) is 7.93. The number of hydrogen-bond donors (Lipinski definition) is 1. The van der Waals surface area contributed by atoms with Crippen molar-refractivity contribution in [1.29, 1.82) is 0 Å². The van der Waals surface area contributed by atoms with Gasteiger partial charge in [0.25, 0.3) is 0 Å². The lowest BCUT2D eigenvalue weighted by Crippen LogP contribution is -2.41. The average molecular weight is 604 g/mol. The van der Waals surface area contributed by atoms with E-state index in [0.717, 1.165) is 78.5 Å². The van der Waals surface area contributed by atoms with Gasteiger partial charge in [0.1, 0.15) is 18.1 Å². The summed E-state index contributed by atoms with van der Waals surface area (Å²) in [5.41, 5.74) is 5.67. The normalized spacial score (nSPS) is 14.2. The van der Waals surface area contributed by atoms with Gasteiger partial charge in [-0.2, -0.15) is 0 Å². The van der Waals surface area contributed by atoms with E-state index in [1.54, 1.807) is 7.11 Å². The molecule has 1 aliphatic rings. The Bertz CT molecular complexity index is 1660. The van der Waals surface area contributed by atoms with Crippen LogP contribution in [0.25, 0.3) is 10.9 Å². The monoisotopic (exact) mass is 603 g/mol. The molecule has 7 nitrogen and oxygen atoms in total. The van der Waals surface area contributed by atoms with Crippen LogP contribution in [-0.4, -0.2) is 61.9 Å². The molecular formula is C38H41N3O4. The summed E-state index contributed by atoms with van der Waals surface area (Å²) in [6.07, 6.45) is 2.57. The minimum atomic E-state index is -0.126. The van der Waals surface area contributed by atoms with Gasteiger partial charge >= 0.3 is 0 Å². The number of benzene rings is 4. The number of amides is 1. The third-order valence-corrected chi connectivity index (χ3v) is 8.48. The fourth-order valence-corrected chi connectivity index (χ4v) is 5.99. The van der Waals surface area contributed by atoms with Crippen LogP contribution in [0.4, 0.5) is 0 Å². The Hall–Kier alpha value is -4.59. The van der Waals surface area contributed by atoms with Crippen LogP contribution in [0.1, 0.15) is 34.6 Å². The molecule has 1 fully saturated rings. The predicted octanol–water partition coefficient (Wildman–Crippen LogP) is 6.25. The number of methoxy groups -OCH3 is 1. The van der Waals surface area contributed by atoms with Gasteiger partial charge in [0, 0.05) is 62.2 Å². The number of para-hydroxylation sites is 1. The summed E-state index contributed by atoms with van der Waals surface area (Å²) >= 11 is 0. The highest BCUT2D eigenvalue weighted by Crippen LogP contribution is 2.36. The van der Waals surface area contributed by atoms with Crippen molar-refractivity contribution in [3.8, 4) is 11.5 Å². The second kappa shape index (κ2) is 14.9. The summed E-state index contributed by atoms with van der Waals surface area (Å²) < 4.78 is 19.2. The van der Waals surface area contributed by atoms with E-state index in [0.29, 0.717) is 19.6 Å². The van der Waals surface area contributed by atoms with Crippen LogP contribution in [0.2, 0.25) is 0 Å². The Labute approximate surface area is 265 Å². The van der Waals surface area contributed by atoms with E-state index in [2.05, 4.69) is 81.6 Å². The lowest BCUT2D eigenvalue weighted by atomic mass is 9.88. The zero-order valence-electron chi connectivity index (χ0n) is 25.9. The summed E-state index contributed by atoms with van der Waals surface area (Å²) in [6.45, 7) is 5.99. The van der Waals surface area contributed by atoms with Gasteiger partial charge in [0.15, 0.2) is 0 Å². The van der Waals surface area contributed by atoms with Crippen molar-refractivity contribution < 1.29 is 19.0 Å². The Balaban J connectivity index is 1.25. The van der Waals surface area contributed by atoms with E-state index in [1.165, 1.54) is 5.56 Å². The van der Waals surface area contributed by atoms with Crippen molar-refractivity contribution in [3.05, 3.63) is 132 Å². The molecule has 0 aliphatic carbocycles. The molecule has 5 aromatic rings. The maximum absolute atomic E-state index is 13.5. The molecule has 1 amide bonds. The Kier molecular flexibility index (Phi) is 10.1. The number of carbonyl (C=O) groups excluding carboxylic acids is 1. The number of morpholine rings is 1. The number of hydrogen-bond acceptors (Lipinski definition) is 5. The maximum atomic E-state index is 13.5. The molecule has 1 aromatic heterocycles. The first-order valence-electron chi connectivity index (χ1n) is 15.7. The molecule has 232 valence electrons. The minimum absolute atomic E-state index is 0.0460. The second-order valence-corrected chi connectivity index (χ2v) is 11.5. The van der Waals surface area contributed by atoms with Gasteiger partial charge in [0.2, 0.25) is 5.91 Å². The molecule has 1 saturated heterocycles. The lowest BCUT2D eigenvalue weighted by Gasteiger charge is -2.26. The van der Waals surface area contributed by atoms with Gasteiger partial charge in [0.05, 0.1) is 20.3 Å². The van der Waals surface area contributed by atoms with Crippen molar-refractivity contribution in [1.82, 2.24) is 14.8 Å². The Morgan fingerprint density at radius 3 is 2.31 bits per heavy atom. The molecule has 7 heteroatoms. The molecule has 1 atom stereocenters. The van der Waals surface area contributed by atoms with E-state index in [1.807, 2.05) is 42.5 Å². The molecule has 1 N–H and O–H groups in total. The third-order valence-electron chi connectivity index (χ3n) is 8.48. The zero-order chi connectivity index (χ0) is 30.8.